The summed E-state index contributed by atoms with van der Waals surface area (Å²) in [5.74, 6) is -0.317. The number of sulfonamides is 1. The van der Waals surface area contributed by atoms with Crippen LogP contribution < -0.4 is 14.4 Å². The summed E-state index contributed by atoms with van der Waals surface area (Å²) in [6.07, 6.45) is 0.973. The van der Waals surface area contributed by atoms with E-state index in [1.807, 2.05) is 0 Å². The molecule has 0 aliphatic heterocycles. The molecule has 0 spiro atoms. The van der Waals surface area contributed by atoms with Gasteiger partial charge in [0, 0.05) is 18.6 Å². The molecule has 1 unspecified atom stereocenters. The third kappa shape index (κ3) is 6.51. The number of amides is 2. The molecule has 0 fully saturated rings. The third-order valence-corrected chi connectivity index (χ3v) is 6.45. The molecule has 8 nitrogen and oxygen atoms in total. The molecular weight excluding hydrogens is 477 g/mol. The Hall–Kier alpha value is -2.49. The SMILES string of the molecule is CNC(=O)C(C)N(Cc1ccc(OC)cc1)C(=O)CN(c1ccc(Cl)cc1Cl)S(C)(=O)=O. The van der Waals surface area contributed by atoms with E-state index in [1.165, 1.54) is 30.1 Å². The summed E-state index contributed by atoms with van der Waals surface area (Å²) < 4.78 is 31.0. The summed E-state index contributed by atoms with van der Waals surface area (Å²) in [6, 6.07) is 10.4. The lowest BCUT2D eigenvalue weighted by atomic mass is 10.1. The van der Waals surface area contributed by atoms with Crippen molar-refractivity contribution in [2.75, 3.05) is 31.3 Å². The molecule has 0 radical (unpaired) electrons. The van der Waals surface area contributed by atoms with Crippen molar-refractivity contribution in [3.8, 4) is 5.75 Å². The number of halogens is 2. The van der Waals surface area contributed by atoms with E-state index >= 15 is 0 Å². The van der Waals surface area contributed by atoms with Gasteiger partial charge in [-0.05, 0) is 42.8 Å². The molecule has 1 atom stereocenters. The second-order valence-corrected chi connectivity index (χ2v) is 9.78. The molecule has 0 bridgehead atoms. The monoisotopic (exact) mass is 501 g/mol. The van der Waals surface area contributed by atoms with Crippen molar-refractivity contribution >= 4 is 50.7 Å². The minimum absolute atomic E-state index is 0.0804. The average Bonchev–Trinajstić information content (AvgIpc) is 2.74. The van der Waals surface area contributed by atoms with Gasteiger partial charge in [-0.15, -0.1) is 0 Å². The first-order valence-corrected chi connectivity index (χ1v) is 12.1. The van der Waals surface area contributed by atoms with Crippen LogP contribution in [0.1, 0.15) is 12.5 Å². The number of methoxy groups -OCH3 is 1. The molecule has 11 heteroatoms. The number of benzene rings is 2. The Morgan fingerprint density at radius 2 is 1.75 bits per heavy atom. The second-order valence-electron chi connectivity index (χ2n) is 7.03. The van der Waals surface area contributed by atoms with Gasteiger partial charge in [-0.3, -0.25) is 13.9 Å². The van der Waals surface area contributed by atoms with Crippen LogP contribution in [0, 0.1) is 0 Å². The van der Waals surface area contributed by atoms with Crippen LogP contribution in [0.15, 0.2) is 42.5 Å². The van der Waals surface area contributed by atoms with Gasteiger partial charge in [0.2, 0.25) is 21.8 Å². The van der Waals surface area contributed by atoms with E-state index in [-0.39, 0.29) is 23.2 Å². The molecule has 0 saturated heterocycles. The second kappa shape index (κ2) is 10.9. The third-order valence-electron chi connectivity index (χ3n) is 4.78. The normalized spacial score (nSPS) is 12.1. The molecule has 0 aliphatic carbocycles. The Balaban J connectivity index is 2.39. The Morgan fingerprint density at radius 1 is 1.12 bits per heavy atom. The highest BCUT2D eigenvalue weighted by molar-refractivity contribution is 7.92. The summed E-state index contributed by atoms with van der Waals surface area (Å²) in [6.45, 7) is 1.11. The minimum atomic E-state index is -3.87. The Labute approximate surface area is 198 Å². The maximum absolute atomic E-state index is 13.3. The van der Waals surface area contributed by atoms with Crippen molar-refractivity contribution in [2.24, 2.45) is 0 Å². The lowest BCUT2D eigenvalue weighted by Crippen LogP contribution is -2.50. The van der Waals surface area contributed by atoms with Gasteiger partial charge in [-0.25, -0.2) is 8.42 Å². The molecule has 2 amide bonds. The summed E-state index contributed by atoms with van der Waals surface area (Å²) >= 11 is 12.1. The number of ether oxygens (including phenoxy) is 1. The smallest absolute Gasteiger partial charge is 0.244 e. The number of nitrogens with zero attached hydrogens (tertiary/aromatic N) is 2. The van der Waals surface area contributed by atoms with Crippen LogP contribution in [0.4, 0.5) is 5.69 Å². The molecule has 2 aromatic rings. The van der Waals surface area contributed by atoms with Crippen molar-refractivity contribution in [2.45, 2.75) is 19.5 Å². The summed E-state index contributed by atoms with van der Waals surface area (Å²) in [7, 11) is -0.869. The van der Waals surface area contributed by atoms with Gasteiger partial charge in [0.05, 0.1) is 24.1 Å². The number of carbonyl (C=O) groups excluding carboxylic acids is 2. The van der Waals surface area contributed by atoms with Crippen molar-refractivity contribution in [3.05, 3.63) is 58.1 Å². The fourth-order valence-corrected chi connectivity index (χ4v) is 4.42. The van der Waals surface area contributed by atoms with Crippen LogP contribution in [0.25, 0.3) is 0 Å². The van der Waals surface area contributed by atoms with Crippen LogP contribution in [-0.4, -0.2) is 58.1 Å². The molecule has 32 heavy (non-hydrogen) atoms. The van der Waals surface area contributed by atoms with Gasteiger partial charge in [-0.2, -0.15) is 0 Å². The highest BCUT2D eigenvalue weighted by atomic mass is 35.5. The summed E-state index contributed by atoms with van der Waals surface area (Å²) in [4.78, 5) is 26.9. The fraction of sp³-hybridized carbons (Fsp3) is 0.333. The van der Waals surface area contributed by atoms with Gasteiger partial charge in [-0.1, -0.05) is 35.3 Å². The first kappa shape index (κ1) is 25.8. The van der Waals surface area contributed by atoms with E-state index in [4.69, 9.17) is 27.9 Å². The molecule has 0 aliphatic rings. The van der Waals surface area contributed by atoms with Crippen LogP contribution in [0.3, 0.4) is 0 Å². The summed E-state index contributed by atoms with van der Waals surface area (Å²) in [5.41, 5.74) is 0.856. The van der Waals surface area contributed by atoms with E-state index in [1.54, 1.807) is 38.3 Å². The van der Waals surface area contributed by atoms with Gasteiger partial charge < -0.3 is 15.0 Å². The highest BCUT2D eigenvalue weighted by Gasteiger charge is 2.30. The highest BCUT2D eigenvalue weighted by Crippen LogP contribution is 2.30. The quantitative estimate of drug-likeness (QED) is 0.569. The predicted octanol–water partition coefficient (Wildman–Crippen LogP) is 2.93. The van der Waals surface area contributed by atoms with Gasteiger partial charge in [0.25, 0.3) is 0 Å². The number of rotatable bonds is 9. The van der Waals surface area contributed by atoms with Crippen LogP contribution in [0.5, 0.6) is 5.75 Å². The summed E-state index contributed by atoms with van der Waals surface area (Å²) in [5, 5.41) is 2.92. The van der Waals surface area contributed by atoms with Gasteiger partial charge >= 0.3 is 0 Å². The van der Waals surface area contributed by atoms with E-state index in [0.29, 0.717) is 10.8 Å². The Bertz CT molecular complexity index is 1080. The van der Waals surface area contributed by atoms with Crippen molar-refractivity contribution in [3.63, 3.8) is 0 Å². The van der Waals surface area contributed by atoms with Gasteiger partial charge in [0.15, 0.2) is 0 Å². The number of nitrogens with one attached hydrogen (secondary N) is 1. The molecule has 0 aromatic heterocycles. The lowest BCUT2D eigenvalue weighted by molar-refractivity contribution is -0.139. The minimum Gasteiger partial charge on any atom is -0.497 e. The maximum Gasteiger partial charge on any atom is 0.244 e. The Kier molecular flexibility index (Phi) is 8.77. The van der Waals surface area contributed by atoms with Crippen molar-refractivity contribution in [1.29, 1.82) is 0 Å². The van der Waals surface area contributed by atoms with Crippen molar-refractivity contribution < 1.29 is 22.7 Å². The maximum atomic E-state index is 13.3. The number of hydrogen-bond donors (Lipinski definition) is 1. The fourth-order valence-electron chi connectivity index (χ4n) is 3.00. The predicted molar refractivity (Wildman–Crippen MR) is 126 cm³/mol. The molecule has 2 aromatic carbocycles. The topological polar surface area (TPSA) is 96.0 Å². The average molecular weight is 502 g/mol. The number of hydrogen-bond acceptors (Lipinski definition) is 5. The van der Waals surface area contributed by atoms with E-state index in [9.17, 15) is 18.0 Å². The number of anilines is 1. The van der Waals surface area contributed by atoms with Crippen LogP contribution in [-0.2, 0) is 26.2 Å². The molecule has 174 valence electrons. The van der Waals surface area contributed by atoms with E-state index in [2.05, 4.69) is 5.32 Å². The Morgan fingerprint density at radius 3 is 2.25 bits per heavy atom. The van der Waals surface area contributed by atoms with Crippen molar-refractivity contribution in [1.82, 2.24) is 10.2 Å². The standard InChI is InChI=1S/C21H25Cl2N3O5S/c1-14(21(28)24-2)25(12-15-5-8-17(31-3)9-6-15)20(27)13-26(32(4,29)30)19-10-7-16(22)11-18(19)23/h5-11,14H,12-13H2,1-4H3,(H,24,28). The largest absolute Gasteiger partial charge is 0.497 e. The van der Waals surface area contributed by atoms with Gasteiger partial charge in [0.1, 0.15) is 18.3 Å². The zero-order chi connectivity index (χ0) is 24.1. The zero-order valence-electron chi connectivity index (χ0n) is 18.1. The lowest BCUT2D eigenvalue weighted by Gasteiger charge is -2.31. The molecular formula is C21H25Cl2N3O5S. The molecule has 0 heterocycles. The number of likely N-dealkylation sites (N-methyl/N-ethyl adjacent to an activating group) is 1. The molecule has 0 saturated carbocycles. The molecule has 1 N–H and O–H groups in total. The van der Waals surface area contributed by atoms with E-state index in [0.717, 1.165) is 16.1 Å². The van der Waals surface area contributed by atoms with Crippen LogP contribution in [0.2, 0.25) is 10.0 Å². The molecule has 2 rings (SSSR count). The van der Waals surface area contributed by atoms with Crippen LogP contribution >= 0.6 is 23.2 Å². The zero-order valence-corrected chi connectivity index (χ0v) is 20.5. The number of carbonyl (C=O) groups is 2. The first-order valence-electron chi connectivity index (χ1n) is 9.54. The van der Waals surface area contributed by atoms with E-state index < -0.39 is 28.5 Å². The first-order chi connectivity index (χ1) is 15.0.